The van der Waals surface area contributed by atoms with Crippen LogP contribution >= 0.6 is 11.8 Å². The summed E-state index contributed by atoms with van der Waals surface area (Å²) in [5.41, 5.74) is 5.61. The minimum absolute atomic E-state index is 0.00944. The lowest BCUT2D eigenvalue weighted by Gasteiger charge is -2.39. The highest BCUT2D eigenvalue weighted by molar-refractivity contribution is 7.99. The van der Waals surface area contributed by atoms with Gasteiger partial charge in [0, 0.05) is 11.8 Å². The molecule has 1 aromatic rings. The molecular weight excluding hydrogens is 364 g/mol. The third-order valence-electron chi connectivity index (χ3n) is 3.69. The van der Waals surface area contributed by atoms with Crippen molar-refractivity contribution in [3.05, 3.63) is 24.2 Å². The van der Waals surface area contributed by atoms with Crippen molar-refractivity contribution >= 4 is 11.8 Å². The van der Waals surface area contributed by atoms with Crippen LogP contribution in [0.1, 0.15) is 12.6 Å². The molecule has 0 aliphatic carbocycles. The van der Waals surface area contributed by atoms with Gasteiger partial charge in [0.1, 0.15) is 42.2 Å². The summed E-state index contributed by atoms with van der Waals surface area (Å²) in [5.74, 6) is 0.445. The number of ether oxygens (including phenoxy) is 2. The van der Waals surface area contributed by atoms with Crippen LogP contribution in [0, 0.1) is 0 Å². The molecule has 1 fully saturated rings. The van der Waals surface area contributed by atoms with Gasteiger partial charge in [-0.15, -0.1) is 16.9 Å². The molecule has 26 heavy (non-hydrogen) atoms. The normalized spacial score (nSPS) is 30.6. The summed E-state index contributed by atoms with van der Waals surface area (Å²) in [5, 5.41) is 46.4. The van der Waals surface area contributed by atoms with E-state index in [1.54, 1.807) is 17.0 Å². The molecular formula is C15H26N4O6S. The fourth-order valence-electron chi connectivity index (χ4n) is 2.39. The molecule has 0 saturated carbocycles. The van der Waals surface area contributed by atoms with Crippen LogP contribution in [0.4, 0.5) is 0 Å². The van der Waals surface area contributed by atoms with E-state index in [0.717, 1.165) is 0 Å². The van der Waals surface area contributed by atoms with Gasteiger partial charge < -0.3 is 35.6 Å². The summed E-state index contributed by atoms with van der Waals surface area (Å²) in [4.78, 5) is 0. The largest absolute Gasteiger partial charge is 0.495 e. The minimum atomic E-state index is -1.36. The molecule has 1 aliphatic rings. The topological polar surface area (TPSA) is 156 Å². The Labute approximate surface area is 155 Å². The van der Waals surface area contributed by atoms with Gasteiger partial charge in [-0.25, -0.2) is 0 Å². The van der Waals surface area contributed by atoms with Crippen molar-refractivity contribution in [1.29, 1.82) is 0 Å². The Kier molecular flexibility index (Phi) is 8.28. The van der Waals surface area contributed by atoms with Gasteiger partial charge in [0.25, 0.3) is 0 Å². The highest BCUT2D eigenvalue weighted by Gasteiger charge is 2.43. The van der Waals surface area contributed by atoms with Crippen LogP contribution in [-0.4, -0.2) is 83.7 Å². The lowest BCUT2D eigenvalue weighted by molar-refractivity contribution is -0.205. The quantitative estimate of drug-likeness (QED) is 0.304. The number of thioether (sulfide) groups is 1. The maximum Gasteiger partial charge on any atom is 0.133 e. The molecule has 148 valence electrons. The number of hydrogen-bond acceptors (Lipinski definition) is 10. The smallest absolute Gasteiger partial charge is 0.133 e. The van der Waals surface area contributed by atoms with Crippen molar-refractivity contribution in [2.45, 2.75) is 56.0 Å². The van der Waals surface area contributed by atoms with E-state index in [0.29, 0.717) is 18.0 Å². The van der Waals surface area contributed by atoms with Gasteiger partial charge in [-0.1, -0.05) is 5.21 Å². The standard InChI is InChI=1S/C15H26N4O6S/c1-9(16)5-19-6-10(17-18-19)8-24-3-2-4-26-15-14(23)13(22)12(21)11(7-20)25-15/h2-3,6,9,11-15,20-23H,4-5,7-8,16H2,1H3/b3-2+. The Morgan fingerprint density at radius 1 is 1.38 bits per heavy atom. The molecule has 10 nitrogen and oxygen atoms in total. The highest BCUT2D eigenvalue weighted by atomic mass is 32.2. The summed E-state index contributed by atoms with van der Waals surface area (Å²) in [7, 11) is 0. The molecule has 2 heterocycles. The van der Waals surface area contributed by atoms with Crippen LogP contribution in [0.3, 0.4) is 0 Å². The zero-order valence-electron chi connectivity index (χ0n) is 14.5. The Hall–Kier alpha value is -1.21. The number of nitrogens with zero attached hydrogens (tertiary/aromatic N) is 3. The second-order valence-corrected chi connectivity index (χ2v) is 7.25. The zero-order chi connectivity index (χ0) is 19.1. The molecule has 1 aliphatic heterocycles. The van der Waals surface area contributed by atoms with E-state index in [9.17, 15) is 15.3 Å². The molecule has 0 amide bonds. The maximum atomic E-state index is 9.92. The number of aliphatic hydroxyl groups is 4. The molecule has 1 aromatic heterocycles. The molecule has 6 unspecified atom stereocenters. The Morgan fingerprint density at radius 2 is 2.15 bits per heavy atom. The van der Waals surface area contributed by atoms with Crippen molar-refractivity contribution in [2.75, 3.05) is 12.4 Å². The Morgan fingerprint density at radius 3 is 2.85 bits per heavy atom. The molecule has 6 N–H and O–H groups in total. The SMILES string of the molecule is CC(N)Cn1cc(CO/C=C/CSC2OC(CO)C(O)C(O)C2O)nn1. The molecule has 0 radical (unpaired) electrons. The Bertz CT molecular complexity index is 570. The first-order valence-electron chi connectivity index (χ1n) is 8.25. The van der Waals surface area contributed by atoms with Gasteiger partial charge in [0.05, 0.1) is 25.6 Å². The summed E-state index contributed by atoms with van der Waals surface area (Å²) < 4.78 is 12.4. The summed E-state index contributed by atoms with van der Waals surface area (Å²) >= 11 is 1.22. The summed E-state index contributed by atoms with van der Waals surface area (Å²) in [6.45, 7) is 2.29. The first-order valence-corrected chi connectivity index (χ1v) is 9.30. The third-order valence-corrected chi connectivity index (χ3v) is 4.79. The molecule has 1 saturated heterocycles. The number of rotatable bonds is 9. The van der Waals surface area contributed by atoms with Crippen LogP contribution < -0.4 is 5.73 Å². The van der Waals surface area contributed by atoms with Gasteiger partial charge >= 0.3 is 0 Å². The van der Waals surface area contributed by atoms with Gasteiger partial charge in [0.2, 0.25) is 0 Å². The molecule has 0 aromatic carbocycles. The first-order chi connectivity index (χ1) is 12.4. The number of aliphatic hydroxyl groups excluding tert-OH is 4. The molecule has 2 rings (SSSR count). The minimum Gasteiger partial charge on any atom is -0.495 e. The number of hydrogen-bond donors (Lipinski definition) is 5. The zero-order valence-corrected chi connectivity index (χ0v) is 15.3. The van der Waals surface area contributed by atoms with Gasteiger partial charge in [-0.2, -0.15) is 0 Å². The maximum absolute atomic E-state index is 9.92. The van der Waals surface area contributed by atoms with E-state index in [4.69, 9.17) is 20.3 Å². The molecule has 6 atom stereocenters. The summed E-state index contributed by atoms with van der Waals surface area (Å²) in [6.07, 6.45) is 0.135. The van der Waals surface area contributed by atoms with Crippen LogP contribution in [0.2, 0.25) is 0 Å². The molecule has 0 spiro atoms. The first kappa shape index (κ1) is 21.1. The van der Waals surface area contributed by atoms with Crippen molar-refractivity contribution in [3.63, 3.8) is 0 Å². The van der Waals surface area contributed by atoms with Crippen molar-refractivity contribution in [1.82, 2.24) is 15.0 Å². The fourth-order valence-corrected chi connectivity index (χ4v) is 3.34. The lowest BCUT2D eigenvalue weighted by Crippen LogP contribution is -2.57. The van der Waals surface area contributed by atoms with Crippen molar-refractivity contribution in [2.24, 2.45) is 5.73 Å². The van der Waals surface area contributed by atoms with E-state index in [1.807, 2.05) is 6.92 Å². The van der Waals surface area contributed by atoms with Crippen molar-refractivity contribution < 1.29 is 29.9 Å². The van der Waals surface area contributed by atoms with E-state index >= 15 is 0 Å². The van der Waals surface area contributed by atoms with Crippen LogP contribution in [0.5, 0.6) is 0 Å². The van der Waals surface area contributed by atoms with Crippen LogP contribution in [-0.2, 0) is 22.6 Å². The van der Waals surface area contributed by atoms with E-state index in [1.165, 1.54) is 18.0 Å². The second kappa shape index (κ2) is 10.2. The van der Waals surface area contributed by atoms with E-state index < -0.39 is 36.5 Å². The van der Waals surface area contributed by atoms with Gasteiger partial charge in [0.15, 0.2) is 0 Å². The Balaban J connectivity index is 1.69. The molecule has 11 heteroatoms. The average molecular weight is 390 g/mol. The average Bonchev–Trinajstić information content (AvgIpc) is 3.04. The number of aromatic nitrogens is 3. The lowest BCUT2D eigenvalue weighted by atomic mass is 10.0. The van der Waals surface area contributed by atoms with Gasteiger partial charge in [-0.3, -0.25) is 4.68 Å². The highest BCUT2D eigenvalue weighted by Crippen LogP contribution is 2.28. The number of nitrogens with two attached hydrogens (primary N) is 1. The van der Waals surface area contributed by atoms with Crippen LogP contribution in [0.25, 0.3) is 0 Å². The van der Waals surface area contributed by atoms with Crippen LogP contribution in [0.15, 0.2) is 18.5 Å². The van der Waals surface area contributed by atoms with Crippen molar-refractivity contribution in [3.8, 4) is 0 Å². The summed E-state index contributed by atoms with van der Waals surface area (Å²) in [6, 6.07) is -0.00944. The predicted octanol–water partition coefficient (Wildman–Crippen LogP) is -1.81. The third kappa shape index (κ3) is 5.91. The fraction of sp³-hybridized carbons (Fsp3) is 0.733. The predicted molar refractivity (Wildman–Crippen MR) is 93.8 cm³/mol. The monoisotopic (exact) mass is 390 g/mol. The van der Waals surface area contributed by atoms with E-state index in [2.05, 4.69) is 10.3 Å². The van der Waals surface area contributed by atoms with E-state index in [-0.39, 0.29) is 12.6 Å². The van der Waals surface area contributed by atoms with Gasteiger partial charge in [-0.05, 0) is 13.0 Å². The second-order valence-electron chi connectivity index (χ2n) is 6.12. The molecule has 0 bridgehead atoms.